The number of aromatic nitrogens is 2. The Hall–Kier alpha value is -3.39. The SMILES string of the molecule is COc1nn(C(C)C(=O)Nc2c(F)c(F)c(C(F)(F)F)c(F)c2F)cc1[N+](=O)[O-]. The fourth-order valence-corrected chi connectivity index (χ4v) is 2.17. The van der Waals surface area contributed by atoms with E-state index in [0.717, 1.165) is 20.2 Å². The summed E-state index contributed by atoms with van der Waals surface area (Å²) in [5, 5.41) is 15.8. The quantitative estimate of drug-likeness (QED) is 0.338. The summed E-state index contributed by atoms with van der Waals surface area (Å²) in [6.07, 6.45) is -5.01. The number of amides is 1. The number of carbonyl (C=O) groups is 1. The fraction of sp³-hybridized carbons (Fsp3) is 0.286. The van der Waals surface area contributed by atoms with Crippen molar-refractivity contribution >= 4 is 17.3 Å². The van der Waals surface area contributed by atoms with E-state index in [2.05, 4.69) is 9.84 Å². The Labute approximate surface area is 156 Å². The summed E-state index contributed by atoms with van der Waals surface area (Å²) in [7, 11) is 1.03. The Bertz CT molecular complexity index is 960. The summed E-state index contributed by atoms with van der Waals surface area (Å²) in [5.41, 5.74) is -5.28. The molecule has 8 nitrogen and oxygen atoms in total. The van der Waals surface area contributed by atoms with Crippen LogP contribution in [-0.2, 0) is 11.0 Å². The first-order valence-electron chi connectivity index (χ1n) is 7.32. The minimum Gasteiger partial charge on any atom is -0.475 e. The van der Waals surface area contributed by atoms with Gasteiger partial charge in [0.05, 0.1) is 12.0 Å². The van der Waals surface area contributed by atoms with Gasteiger partial charge < -0.3 is 10.1 Å². The van der Waals surface area contributed by atoms with Crippen molar-refractivity contribution in [2.45, 2.75) is 19.1 Å². The molecule has 29 heavy (non-hydrogen) atoms. The minimum atomic E-state index is -5.74. The van der Waals surface area contributed by atoms with Gasteiger partial charge in [0, 0.05) is 0 Å². The van der Waals surface area contributed by atoms with Gasteiger partial charge in [-0.25, -0.2) is 22.2 Å². The number of ether oxygens (including phenoxy) is 1. The number of halogens is 7. The average molecular weight is 430 g/mol. The standard InChI is InChI=1S/C14H9F7N4O4/c1-4(24-3-5(25(27)28)13(23-24)29-2)12(26)22-11-9(17)7(15)6(14(19,20)21)8(16)10(11)18/h3-4H,1-2H3,(H,22,26). The molecule has 158 valence electrons. The lowest BCUT2D eigenvalue weighted by Gasteiger charge is -2.16. The summed E-state index contributed by atoms with van der Waals surface area (Å²) >= 11 is 0. The zero-order valence-electron chi connectivity index (χ0n) is 14.3. The molecular formula is C14H9F7N4O4. The molecule has 0 spiro atoms. The molecule has 1 aromatic heterocycles. The molecule has 0 bridgehead atoms. The van der Waals surface area contributed by atoms with Crippen molar-refractivity contribution in [2.24, 2.45) is 0 Å². The van der Waals surface area contributed by atoms with E-state index in [0.29, 0.717) is 4.68 Å². The lowest BCUT2D eigenvalue weighted by atomic mass is 10.1. The van der Waals surface area contributed by atoms with Gasteiger partial charge in [-0.1, -0.05) is 0 Å². The van der Waals surface area contributed by atoms with Crippen LogP contribution in [0, 0.1) is 33.4 Å². The molecule has 0 aliphatic carbocycles. The number of carbonyl (C=O) groups excluding carboxylic acids is 1. The molecule has 2 rings (SSSR count). The van der Waals surface area contributed by atoms with Crippen LogP contribution in [0.3, 0.4) is 0 Å². The van der Waals surface area contributed by atoms with Crippen LogP contribution in [0.1, 0.15) is 18.5 Å². The second-order valence-corrected chi connectivity index (χ2v) is 5.43. The third-order valence-corrected chi connectivity index (χ3v) is 3.64. The summed E-state index contributed by atoms with van der Waals surface area (Å²) in [6.45, 7) is 1.03. The number of benzene rings is 1. The Kier molecular flexibility index (Phi) is 5.71. The maximum Gasteiger partial charge on any atom is 0.422 e. The van der Waals surface area contributed by atoms with Gasteiger partial charge in [-0.2, -0.15) is 13.2 Å². The van der Waals surface area contributed by atoms with E-state index in [-0.39, 0.29) is 0 Å². The van der Waals surface area contributed by atoms with Gasteiger partial charge in [-0.3, -0.25) is 14.9 Å². The van der Waals surface area contributed by atoms with E-state index >= 15 is 0 Å². The summed E-state index contributed by atoms with van der Waals surface area (Å²) in [4.78, 5) is 22.1. The lowest BCUT2D eigenvalue weighted by Crippen LogP contribution is -2.26. The van der Waals surface area contributed by atoms with Gasteiger partial charge in [-0.05, 0) is 6.92 Å². The Balaban J connectivity index is 2.42. The van der Waals surface area contributed by atoms with Gasteiger partial charge in [0.1, 0.15) is 23.5 Å². The molecule has 1 unspecified atom stereocenters. The Morgan fingerprint density at radius 2 is 1.72 bits per heavy atom. The molecule has 0 saturated heterocycles. The molecule has 1 amide bonds. The Morgan fingerprint density at radius 3 is 2.10 bits per heavy atom. The minimum absolute atomic E-state index is 0.515. The van der Waals surface area contributed by atoms with Crippen LogP contribution < -0.4 is 10.1 Å². The molecule has 0 fully saturated rings. The number of rotatable bonds is 5. The normalized spacial score (nSPS) is 12.6. The second-order valence-electron chi connectivity index (χ2n) is 5.43. The first kappa shape index (κ1) is 21.9. The van der Waals surface area contributed by atoms with Crippen LogP contribution in [0.25, 0.3) is 0 Å². The zero-order chi connectivity index (χ0) is 22.3. The van der Waals surface area contributed by atoms with Gasteiger partial charge in [0.2, 0.25) is 5.91 Å². The van der Waals surface area contributed by atoms with Crippen molar-refractivity contribution in [1.29, 1.82) is 0 Å². The fourth-order valence-electron chi connectivity index (χ4n) is 2.17. The first-order chi connectivity index (χ1) is 13.3. The Morgan fingerprint density at radius 1 is 1.21 bits per heavy atom. The third kappa shape index (κ3) is 3.93. The predicted octanol–water partition coefficient (Wildman–Crippen LogP) is 3.57. The highest BCUT2D eigenvalue weighted by Crippen LogP contribution is 2.38. The molecule has 1 aromatic carbocycles. The van der Waals surface area contributed by atoms with Crippen molar-refractivity contribution in [2.75, 3.05) is 12.4 Å². The van der Waals surface area contributed by atoms with E-state index in [9.17, 15) is 45.6 Å². The molecule has 1 heterocycles. The first-order valence-corrected chi connectivity index (χ1v) is 7.32. The molecule has 1 N–H and O–H groups in total. The number of alkyl halides is 3. The molecule has 15 heteroatoms. The van der Waals surface area contributed by atoms with Crippen molar-refractivity contribution in [3.05, 3.63) is 45.1 Å². The van der Waals surface area contributed by atoms with Crippen LogP contribution in [0.15, 0.2) is 6.20 Å². The highest BCUT2D eigenvalue weighted by molar-refractivity contribution is 5.93. The highest BCUT2D eigenvalue weighted by Gasteiger charge is 2.42. The smallest absolute Gasteiger partial charge is 0.422 e. The molecule has 0 saturated carbocycles. The van der Waals surface area contributed by atoms with Crippen molar-refractivity contribution in [3.63, 3.8) is 0 Å². The van der Waals surface area contributed by atoms with E-state index in [1.807, 2.05) is 0 Å². The number of nitro groups is 1. The van der Waals surface area contributed by atoms with E-state index in [1.165, 1.54) is 5.32 Å². The lowest BCUT2D eigenvalue weighted by molar-refractivity contribution is -0.385. The number of nitrogens with zero attached hydrogens (tertiary/aromatic N) is 3. The maximum absolute atomic E-state index is 13.9. The summed E-state index contributed by atoms with van der Waals surface area (Å²) in [6, 6.07) is -1.55. The van der Waals surface area contributed by atoms with Crippen LogP contribution in [0.2, 0.25) is 0 Å². The predicted molar refractivity (Wildman–Crippen MR) is 80.1 cm³/mol. The topological polar surface area (TPSA) is 99.3 Å². The number of hydrogen-bond donors (Lipinski definition) is 1. The van der Waals surface area contributed by atoms with Crippen LogP contribution in [0.4, 0.5) is 42.1 Å². The molecule has 1 atom stereocenters. The van der Waals surface area contributed by atoms with Gasteiger partial charge in [0.25, 0.3) is 0 Å². The number of methoxy groups -OCH3 is 1. The maximum atomic E-state index is 13.9. The van der Waals surface area contributed by atoms with Crippen LogP contribution in [0.5, 0.6) is 5.88 Å². The number of hydrogen-bond acceptors (Lipinski definition) is 5. The van der Waals surface area contributed by atoms with Crippen LogP contribution in [-0.4, -0.2) is 27.7 Å². The number of nitrogens with one attached hydrogen (secondary N) is 1. The molecule has 2 aromatic rings. The molecule has 0 aliphatic rings. The van der Waals surface area contributed by atoms with E-state index < -0.39 is 69.1 Å². The van der Waals surface area contributed by atoms with Crippen molar-refractivity contribution in [1.82, 2.24) is 9.78 Å². The van der Waals surface area contributed by atoms with Gasteiger partial charge in [-0.15, -0.1) is 5.10 Å². The van der Waals surface area contributed by atoms with Crippen molar-refractivity contribution in [3.8, 4) is 5.88 Å². The molecule has 0 aliphatic heterocycles. The van der Waals surface area contributed by atoms with Crippen molar-refractivity contribution < 1.29 is 45.2 Å². The van der Waals surface area contributed by atoms with Crippen LogP contribution >= 0.6 is 0 Å². The largest absolute Gasteiger partial charge is 0.475 e. The summed E-state index contributed by atoms with van der Waals surface area (Å²) < 4.78 is 97.9. The zero-order valence-corrected chi connectivity index (χ0v) is 14.3. The molecular weight excluding hydrogens is 421 g/mol. The van der Waals surface area contributed by atoms with Gasteiger partial charge in [0.15, 0.2) is 23.3 Å². The third-order valence-electron chi connectivity index (χ3n) is 3.64. The van der Waals surface area contributed by atoms with Gasteiger partial charge >= 0.3 is 17.7 Å². The average Bonchev–Trinajstić information content (AvgIpc) is 3.06. The summed E-state index contributed by atoms with van der Waals surface area (Å²) in [5.74, 6) is -12.4. The van der Waals surface area contributed by atoms with E-state index in [4.69, 9.17) is 0 Å². The highest BCUT2D eigenvalue weighted by atomic mass is 19.4. The second kappa shape index (κ2) is 7.56. The number of anilines is 1. The monoisotopic (exact) mass is 430 g/mol. The van der Waals surface area contributed by atoms with E-state index in [1.54, 1.807) is 0 Å². The molecule has 0 radical (unpaired) electrons.